The van der Waals surface area contributed by atoms with Crippen LogP contribution in [-0.2, 0) is 6.42 Å². The van der Waals surface area contributed by atoms with E-state index in [9.17, 15) is 0 Å². The van der Waals surface area contributed by atoms with Crippen molar-refractivity contribution < 1.29 is 4.74 Å². The molecule has 0 spiro atoms. The minimum Gasteiger partial charge on any atom is -0.497 e. The number of benzene rings is 1. The highest BCUT2D eigenvalue weighted by Gasteiger charge is 2.29. The standard InChI is InChI=1S/C17H19N5O/c1-23-14-4-2-3-12(11-14)7-8-18-15-17-21-20-16(13-5-6-13)22(17)10-9-19-15/h2-4,9-11,13H,5-8H2,1H3,(H,18,19). The maximum atomic E-state index is 5.25. The lowest BCUT2D eigenvalue weighted by atomic mass is 10.1. The van der Waals surface area contributed by atoms with Crippen LogP contribution in [0.25, 0.3) is 5.65 Å². The molecule has 1 aromatic carbocycles. The van der Waals surface area contributed by atoms with Crippen LogP contribution in [0.15, 0.2) is 36.7 Å². The Kier molecular flexibility index (Phi) is 3.57. The van der Waals surface area contributed by atoms with Crippen molar-refractivity contribution in [1.82, 2.24) is 19.6 Å². The van der Waals surface area contributed by atoms with E-state index in [2.05, 4.69) is 37.0 Å². The number of nitrogens with zero attached hydrogens (tertiary/aromatic N) is 4. The van der Waals surface area contributed by atoms with E-state index in [0.717, 1.165) is 36.0 Å². The summed E-state index contributed by atoms with van der Waals surface area (Å²) in [4.78, 5) is 4.41. The molecule has 4 rings (SSSR count). The van der Waals surface area contributed by atoms with Gasteiger partial charge in [0.1, 0.15) is 11.6 Å². The van der Waals surface area contributed by atoms with Crippen LogP contribution in [0.3, 0.4) is 0 Å². The van der Waals surface area contributed by atoms with Crippen molar-refractivity contribution >= 4 is 11.5 Å². The SMILES string of the molecule is COc1cccc(CCNc2nccn3c(C4CC4)nnc23)c1. The number of aromatic nitrogens is 4. The highest BCUT2D eigenvalue weighted by Crippen LogP contribution is 2.39. The van der Waals surface area contributed by atoms with E-state index in [1.54, 1.807) is 13.3 Å². The molecule has 1 aliphatic rings. The molecule has 6 heteroatoms. The van der Waals surface area contributed by atoms with Gasteiger partial charge in [0, 0.05) is 24.9 Å². The van der Waals surface area contributed by atoms with Crippen LogP contribution >= 0.6 is 0 Å². The number of ether oxygens (including phenoxy) is 1. The lowest BCUT2D eigenvalue weighted by Gasteiger charge is -2.08. The number of anilines is 1. The van der Waals surface area contributed by atoms with Gasteiger partial charge in [-0.3, -0.25) is 4.40 Å². The summed E-state index contributed by atoms with van der Waals surface area (Å²) >= 11 is 0. The Balaban J connectivity index is 1.47. The van der Waals surface area contributed by atoms with E-state index in [4.69, 9.17) is 4.74 Å². The first-order chi connectivity index (χ1) is 11.3. The zero-order valence-electron chi connectivity index (χ0n) is 13.1. The van der Waals surface area contributed by atoms with E-state index >= 15 is 0 Å². The Labute approximate surface area is 134 Å². The topological polar surface area (TPSA) is 64.3 Å². The summed E-state index contributed by atoms with van der Waals surface area (Å²) in [5.41, 5.74) is 2.03. The van der Waals surface area contributed by atoms with Crippen LogP contribution in [0, 0.1) is 0 Å². The highest BCUT2D eigenvalue weighted by atomic mass is 16.5. The van der Waals surface area contributed by atoms with E-state index < -0.39 is 0 Å². The Morgan fingerprint density at radius 2 is 2.22 bits per heavy atom. The van der Waals surface area contributed by atoms with Gasteiger partial charge in [-0.15, -0.1) is 10.2 Å². The molecule has 0 unspecified atom stereocenters. The predicted octanol–water partition coefficient (Wildman–Crippen LogP) is 2.66. The Bertz CT molecular complexity index is 825. The highest BCUT2D eigenvalue weighted by molar-refractivity contribution is 5.62. The molecule has 0 amide bonds. The van der Waals surface area contributed by atoms with Gasteiger partial charge in [-0.1, -0.05) is 12.1 Å². The molecular formula is C17H19N5O. The summed E-state index contributed by atoms with van der Waals surface area (Å²) in [5.74, 6) is 3.29. The van der Waals surface area contributed by atoms with Crippen LogP contribution in [0.5, 0.6) is 5.75 Å². The van der Waals surface area contributed by atoms with Crippen molar-refractivity contribution in [3.8, 4) is 5.75 Å². The zero-order chi connectivity index (χ0) is 15.6. The molecular weight excluding hydrogens is 290 g/mol. The summed E-state index contributed by atoms with van der Waals surface area (Å²) in [6.45, 7) is 0.783. The van der Waals surface area contributed by atoms with E-state index in [-0.39, 0.29) is 0 Å². The molecule has 1 aliphatic carbocycles. The third kappa shape index (κ3) is 2.84. The van der Waals surface area contributed by atoms with Gasteiger partial charge in [-0.2, -0.15) is 0 Å². The molecule has 0 saturated heterocycles. The lowest BCUT2D eigenvalue weighted by molar-refractivity contribution is 0.414. The molecule has 0 bridgehead atoms. The summed E-state index contributed by atoms with van der Waals surface area (Å²) in [7, 11) is 1.69. The molecule has 0 atom stereocenters. The van der Waals surface area contributed by atoms with Gasteiger partial charge < -0.3 is 10.1 Å². The summed E-state index contributed by atoms with van der Waals surface area (Å²) < 4.78 is 7.31. The van der Waals surface area contributed by atoms with Crippen LogP contribution in [0.1, 0.15) is 30.1 Å². The molecule has 3 aromatic rings. The maximum absolute atomic E-state index is 5.25. The molecule has 1 N–H and O–H groups in total. The fourth-order valence-corrected chi connectivity index (χ4v) is 2.74. The minimum atomic E-state index is 0.567. The van der Waals surface area contributed by atoms with Crippen molar-refractivity contribution in [3.05, 3.63) is 48.0 Å². The molecule has 0 radical (unpaired) electrons. The van der Waals surface area contributed by atoms with Crippen molar-refractivity contribution in [2.75, 3.05) is 19.0 Å². The first-order valence-electron chi connectivity index (χ1n) is 7.91. The van der Waals surface area contributed by atoms with E-state index in [0.29, 0.717) is 5.92 Å². The third-order valence-electron chi connectivity index (χ3n) is 4.14. The minimum absolute atomic E-state index is 0.567. The molecule has 2 heterocycles. The lowest BCUT2D eigenvalue weighted by Crippen LogP contribution is -2.08. The van der Waals surface area contributed by atoms with Crippen LogP contribution < -0.4 is 10.1 Å². The molecule has 0 aliphatic heterocycles. The van der Waals surface area contributed by atoms with Gasteiger partial charge in [-0.05, 0) is 37.0 Å². The zero-order valence-corrected chi connectivity index (χ0v) is 13.1. The third-order valence-corrected chi connectivity index (χ3v) is 4.14. The monoisotopic (exact) mass is 309 g/mol. The summed E-state index contributed by atoms with van der Waals surface area (Å²) in [6, 6.07) is 8.11. The van der Waals surface area contributed by atoms with Gasteiger partial charge in [-0.25, -0.2) is 4.98 Å². The Morgan fingerprint density at radius 1 is 1.30 bits per heavy atom. The second-order valence-electron chi connectivity index (χ2n) is 5.83. The van der Waals surface area contributed by atoms with Crippen LogP contribution in [-0.4, -0.2) is 33.2 Å². The normalized spacial score (nSPS) is 14.1. The number of hydrogen-bond acceptors (Lipinski definition) is 5. The fourth-order valence-electron chi connectivity index (χ4n) is 2.74. The second kappa shape index (κ2) is 5.87. The van der Waals surface area contributed by atoms with Crippen molar-refractivity contribution in [2.24, 2.45) is 0 Å². The molecule has 6 nitrogen and oxygen atoms in total. The largest absolute Gasteiger partial charge is 0.497 e. The molecule has 118 valence electrons. The smallest absolute Gasteiger partial charge is 0.203 e. The summed E-state index contributed by atoms with van der Waals surface area (Å²) in [5, 5.41) is 12.0. The number of fused-ring (bicyclic) bond motifs is 1. The number of methoxy groups -OCH3 is 1. The molecule has 1 saturated carbocycles. The quantitative estimate of drug-likeness (QED) is 0.758. The second-order valence-corrected chi connectivity index (χ2v) is 5.83. The molecule has 2 aromatic heterocycles. The number of nitrogens with one attached hydrogen (secondary N) is 1. The number of rotatable bonds is 6. The average molecular weight is 309 g/mol. The van der Waals surface area contributed by atoms with E-state index in [1.807, 2.05) is 18.3 Å². The van der Waals surface area contributed by atoms with Crippen molar-refractivity contribution in [3.63, 3.8) is 0 Å². The van der Waals surface area contributed by atoms with Crippen molar-refractivity contribution in [2.45, 2.75) is 25.2 Å². The van der Waals surface area contributed by atoms with Gasteiger partial charge in [0.05, 0.1) is 7.11 Å². The summed E-state index contributed by atoms with van der Waals surface area (Å²) in [6.07, 6.45) is 7.05. The fraction of sp³-hybridized carbons (Fsp3) is 0.353. The van der Waals surface area contributed by atoms with E-state index in [1.165, 1.54) is 18.4 Å². The molecule has 1 fully saturated rings. The Hall–Kier alpha value is -2.63. The Morgan fingerprint density at radius 3 is 3.04 bits per heavy atom. The van der Waals surface area contributed by atoms with Gasteiger partial charge in [0.2, 0.25) is 5.65 Å². The number of hydrogen-bond donors (Lipinski definition) is 1. The first-order valence-corrected chi connectivity index (χ1v) is 7.91. The van der Waals surface area contributed by atoms with Crippen LogP contribution in [0.2, 0.25) is 0 Å². The maximum Gasteiger partial charge on any atom is 0.203 e. The predicted molar refractivity (Wildman–Crippen MR) is 87.9 cm³/mol. The van der Waals surface area contributed by atoms with Gasteiger partial charge in [0.25, 0.3) is 0 Å². The van der Waals surface area contributed by atoms with Crippen LogP contribution in [0.4, 0.5) is 5.82 Å². The van der Waals surface area contributed by atoms with Gasteiger partial charge in [0.15, 0.2) is 5.82 Å². The van der Waals surface area contributed by atoms with Crippen molar-refractivity contribution in [1.29, 1.82) is 0 Å². The first kappa shape index (κ1) is 14.0. The molecule has 23 heavy (non-hydrogen) atoms. The average Bonchev–Trinajstić information content (AvgIpc) is 3.34. The van der Waals surface area contributed by atoms with Gasteiger partial charge >= 0.3 is 0 Å².